The van der Waals surface area contributed by atoms with E-state index in [0.29, 0.717) is 17.1 Å². The van der Waals surface area contributed by atoms with Crippen molar-refractivity contribution in [1.82, 2.24) is 4.90 Å². The van der Waals surface area contributed by atoms with Crippen molar-refractivity contribution in [2.45, 2.75) is 13.5 Å². The van der Waals surface area contributed by atoms with Crippen LogP contribution in [0.3, 0.4) is 0 Å². The molecule has 0 spiro atoms. The highest BCUT2D eigenvalue weighted by Crippen LogP contribution is 2.21. The fourth-order valence-corrected chi connectivity index (χ4v) is 2.86. The first-order chi connectivity index (χ1) is 9.47. The van der Waals surface area contributed by atoms with Crippen LogP contribution >= 0.6 is 27.5 Å². The molecule has 0 saturated heterocycles. The Balaban J connectivity index is 2.16. The molecule has 2 rings (SSSR count). The maximum absolute atomic E-state index is 12.4. The Labute approximate surface area is 132 Å². The molecule has 0 unspecified atom stereocenters. The van der Waals surface area contributed by atoms with E-state index < -0.39 is 0 Å². The van der Waals surface area contributed by atoms with Gasteiger partial charge in [0.15, 0.2) is 0 Å². The third kappa shape index (κ3) is 3.62. The molecule has 0 atom stereocenters. The standard InChI is InChI=1S/C16H15BrClNO/c1-11-6-7-14(15(17)8-11)16(20)19(2)10-12-4-3-5-13(18)9-12/h3-9H,10H2,1-2H3. The summed E-state index contributed by atoms with van der Waals surface area (Å²) in [6, 6.07) is 13.3. The van der Waals surface area contributed by atoms with E-state index in [-0.39, 0.29) is 5.91 Å². The molecule has 0 fully saturated rings. The van der Waals surface area contributed by atoms with E-state index in [1.165, 1.54) is 0 Å². The van der Waals surface area contributed by atoms with Crippen molar-refractivity contribution >= 4 is 33.4 Å². The quantitative estimate of drug-likeness (QED) is 0.785. The van der Waals surface area contributed by atoms with Crippen LogP contribution in [0, 0.1) is 6.92 Å². The van der Waals surface area contributed by atoms with E-state index in [0.717, 1.165) is 15.6 Å². The number of halogens is 2. The van der Waals surface area contributed by atoms with Crippen LogP contribution < -0.4 is 0 Å². The lowest BCUT2D eigenvalue weighted by atomic mass is 10.1. The summed E-state index contributed by atoms with van der Waals surface area (Å²) in [6.45, 7) is 2.52. The van der Waals surface area contributed by atoms with Crippen molar-refractivity contribution in [2.75, 3.05) is 7.05 Å². The molecular formula is C16H15BrClNO. The molecule has 0 saturated carbocycles. The van der Waals surface area contributed by atoms with Crippen LogP contribution in [-0.4, -0.2) is 17.9 Å². The number of aryl methyl sites for hydroxylation is 1. The minimum atomic E-state index is -0.0168. The number of carbonyl (C=O) groups excluding carboxylic acids is 1. The Morgan fingerprint density at radius 3 is 2.65 bits per heavy atom. The van der Waals surface area contributed by atoms with E-state index in [4.69, 9.17) is 11.6 Å². The molecule has 0 aromatic heterocycles. The second-order valence-electron chi connectivity index (χ2n) is 4.77. The first-order valence-corrected chi connectivity index (χ1v) is 7.40. The van der Waals surface area contributed by atoms with Gasteiger partial charge in [-0.15, -0.1) is 0 Å². The molecule has 1 amide bonds. The summed E-state index contributed by atoms with van der Waals surface area (Å²) in [5.41, 5.74) is 2.79. The zero-order chi connectivity index (χ0) is 14.7. The highest BCUT2D eigenvalue weighted by molar-refractivity contribution is 9.10. The molecule has 0 aliphatic carbocycles. The zero-order valence-electron chi connectivity index (χ0n) is 11.4. The molecule has 0 radical (unpaired) electrons. The summed E-state index contributed by atoms with van der Waals surface area (Å²) in [6.07, 6.45) is 0. The Kier molecular flexibility index (Phi) is 4.84. The van der Waals surface area contributed by atoms with Gasteiger partial charge >= 0.3 is 0 Å². The molecule has 0 N–H and O–H groups in total. The Hall–Kier alpha value is -1.32. The summed E-state index contributed by atoms with van der Waals surface area (Å²) in [4.78, 5) is 14.1. The Morgan fingerprint density at radius 1 is 1.25 bits per heavy atom. The monoisotopic (exact) mass is 351 g/mol. The van der Waals surface area contributed by atoms with Crippen molar-refractivity contribution in [1.29, 1.82) is 0 Å². The number of nitrogens with zero attached hydrogens (tertiary/aromatic N) is 1. The van der Waals surface area contributed by atoms with Crippen LogP contribution in [0.15, 0.2) is 46.9 Å². The summed E-state index contributed by atoms with van der Waals surface area (Å²) in [5, 5.41) is 0.680. The largest absolute Gasteiger partial charge is 0.337 e. The van der Waals surface area contributed by atoms with E-state index in [1.807, 2.05) is 49.4 Å². The number of hydrogen-bond acceptors (Lipinski definition) is 1. The fraction of sp³-hybridized carbons (Fsp3) is 0.188. The molecule has 20 heavy (non-hydrogen) atoms. The number of amides is 1. The van der Waals surface area contributed by atoms with E-state index in [2.05, 4.69) is 15.9 Å². The van der Waals surface area contributed by atoms with Gasteiger partial charge in [0.25, 0.3) is 5.91 Å². The van der Waals surface area contributed by atoms with E-state index in [1.54, 1.807) is 11.9 Å². The van der Waals surface area contributed by atoms with E-state index >= 15 is 0 Å². The second kappa shape index (κ2) is 6.42. The van der Waals surface area contributed by atoms with Gasteiger partial charge in [-0.05, 0) is 58.2 Å². The zero-order valence-corrected chi connectivity index (χ0v) is 13.7. The van der Waals surface area contributed by atoms with Gasteiger partial charge in [-0.1, -0.05) is 29.8 Å². The number of rotatable bonds is 3. The molecular weight excluding hydrogens is 338 g/mol. The number of carbonyl (C=O) groups is 1. The van der Waals surface area contributed by atoms with Gasteiger partial charge in [0.2, 0.25) is 0 Å². The van der Waals surface area contributed by atoms with Crippen molar-refractivity contribution < 1.29 is 4.79 Å². The molecule has 2 nitrogen and oxygen atoms in total. The molecule has 4 heteroatoms. The van der Waals surface area contributed by atoms with Gasteiger partial charge in [0.1, 0.15) is 0 Å². The van der Waals surface area contributed by atoms with Gasteiger partial charge in [0.05, 0.1) is 5.56 Å². The van der Waals surface area contributed by atoms with Crippen molar-refractivity contribution in [2.24, 2.45) is 0 Å². The van der Waals surface area contributed by atoms with Crippen LogP contribution in [0.1, 0.15) is 21.5 Å². The van der Waals surface area contributed by atoms with Gasteiger partial charge in [-0.2, -0.15) is 0 Å². The van der Waals surface area contributed by atoms with Gasteiger partial charge in [-0.25, -0.2) is 0 Å². The van der Waals surface area contributed by atoms with Gasteiger partial charge in [-0.3, -0.25) is 4.79 Å². The fourth-order valence-electron chi connectivity index (χ4n) is 1.98. The molecule has 0 heterocycles. The lowest BCUT2D eigenvalue weighted by molar-refractivity contribution is 0.0784. The predicted octanol–water partition coefficient (Wildman–Crippen LogP) is 4.68. The Bertz CT molecular complexity index is 642. The molecule has 2 aromatic carbocycles. The maximum atomic E-state index is 12.4. The minimum Gasteiger partial charge on any atom is -0.337 e. The molecule has 2 aromatic rings. The summed E-state index contributed by atoms with van der Waals surface area (Å²) < 4.78 is 0.820. The average molecular weight is 353 g/mol. The number of hydrogen-bond donors (Lipinski definition) is 0. The van der Waals surface area contributed by atoms with Gasteiger partial charge in [0, 0.05) is 23.1 Å². The molecule has 104 valence electrons. The summed E-state index contributed by atoms with van der Waals surface area (Å²) in [5.74, 6) is -0.0168. The van der Waals surface area contributed by atoms with Crippen LogP contribution in [0.5, 0.6) is 0 Å². The predicted molar refractivity (Wildman–Crippen MR) is 86.1 cm³/mol. The van der Waals surface area contributed by atoms with Crippen molar-refractivity contribution in [3.05, 3.63) is 68.7 Å². The highest BCUT2D eigenvalue weighted by Gasteiger charge is 2.15. The first kappa shape index (κ1) is 15.1. The van der Waals surface area contributed by atoms with Crippen molar-refractivity contribution in [3.8, 4) is 0 Å². The minimum absolute atomic E-state index is 0.0168. The molecule has 0 aliphatic rings. The topological polar surface area (TPSA) is 20.3 Å². The first-order valence-electron chi connectivity index (χ1n) is 6.23. The van der Waals surface area contributed by atoms with Gasteiger partial charge < -0.3 is 4.90 Å². The molecule has 0 aliphatic heterocycles. The summed E-state index contributed by atoms with van der Waals surface area (Å²) in [7, 11) is 1.79. The number of benzene rings is 2. The van der Waals surface area contributed by atoms with Crippen LogP contribution in [0.25, 0.3) is 0 Å². The third-order valence-corrected chi connectivity index (χ3v) is 3.90. The smallest absolute Gasteiger partial charge is 0.255 e. The van der Waals surface area contributed by atoms with Crippen LogP contribution in [0.2, 0.25) is 5.02 Å². The normalized spacial score (nSPS) is 10.4. The SMILES string of the molecule is Cc1ccc(C(=O)N(C)Cc2cccc(Cl)c2)c(Br)c1. The van der Waals surface area contributed by atoms with Crippen LogP contribution in [-0.2, 0) is 6.54 Å². The Morgan fingerprint density at radius 2 is 2.00 bits per heavy atom. The van der Waals surface area contributed by atoms with Crippen molar-refractivity contribution in [3.63, 3.8) is 0 Å². The van der Waals surface area contributed by atoms with E-state index in [9.17, 15) is 4.79 Å². The maximum Gasteiger partial charge on any atom is 0.255 e. The highest BCUT2D eigenvalue weighted by atomic mass is 79.9. The lowest BCUT2D eigenvalue weighted by Gasteiger charge is -2.18. The third-order valence-electron chi connectivity index (χ3n) is 3.01. The second-order valence-corrected chi connectivity index (χ2v) is 6.07. The lowest BCUT2D eigenvalue weighted by Crippen LogP contribution is -2.26. The molecule has 0 bridgehead atoms. The summed E-state index contributed by atoms with van der Waals surface area (Å²) >= 11 is 9.40. The van der Waals surface area contributed by atoms with Crippen LogP contribution in [0.4, 0.5) is 0 Å². The average Bonchev–Trinajstić information content (AvgIpc) is 2.38.